The fourth-order valence-electron chi connectivity index (χ4n) is 3.34. The molecule has 1 aliphatic rings. The maximum Gasteiger partial charge on any atom is 0.254 e. The maximum atomic E-state index is 12.6. The number of amides is 2. The number of fused-ring (bicyclic) bond motifs is 1. The monoisotopic (exact) mass is 370 g/mol. The van der Waals surface area contributed by atoms with Gasteiger partial charge in [0.1, 0.15) is 0 Å². The Kier molecular flexibility index (Phi) is 5.91. The molecule has 0 saturated carbocycles. The fraction of sp³-hybridized carbons (Fsp3) is 0.450. The minimum Gasteiger partial charge on any atom is -0.387 e. The van der Waals surface area contributed by atoms with Crippen molar-refractivity contribution in [1.29, 1.82) is 0 Å². The Morgan fingerprint density at radius 1 is 1.30 bits per heavy atom. The molecule has 1 aromatic carbocycles. The number of rotatable bonds is 6. The summed E-state index contributed by atoms with van der Waals surface area (Å²) in [6.07, 6.45) is 2.45. The molecule has 0 unspecified atom stereocenters. The lowest BCUT2D eigenvalue weighted by Crippen LogP contribution is -2.33. The molecule has 2 heterocycles. The zero-order valence-electron chi connectivity index (χ0n) is 15.7. The molecule has 0 spiro atoms. The number of aryl methyl sites for hydroxylation is 2. The van der Waals surface area contributed by atoms with Crippen LogP contribution in [0.1, 0.15) is 46.6 Å². The largest absolute Gasteiger partial charge is 0.387 e. The minimum absolute atomic E-state index is 0.0443. The summed E-state index contributed by atoms with van der Waals surface area (Å²) in [6, 6.07) is 7.59. The first-order chi connectivity index (χ1) is 12.9. The lowest BCUT2D eigenvalue weighted by molar-refractivity contribution is -0.119. The Hall–Kier alpha value is -2.67. The molecule has 7 nitrogen and oxygen atoms in total. The number of nitrogens with zero attached hydrogens (tertiary/aromatic N) is 2. The molecule has 0 fully saturated rings. The second-order valence-electron chi connectivity index (χ2n) is 7.16. The number of hydrogen-bond donors (Lipinski definition) is 3. The van der Waals surface area contributed by atoms with E-state index in [0.29, 0.717) is 24.4 Å². The summed E-state index contributed by atoms with van der Waals surface area (Å²) in [5.41, 5.74) is 3.32. The van der Waals surface area contributed by atoms with E-state index in [1.54, 1.807) is 6.20 Å². The van der Waals surface area contributed by atoms with Gasteiger partial charge in [0.2, 0.25) is 5.91 Å². The molecular weight excluding hydrogens is 344 g/mol. The zero-order valence-corrected chi connectivity index (χ0v) is 15.7. The fourth-order valence-corrected chi connectivity index (χ4v) is 3.34. The van der Waals surface area contributed by atoms with E-state index in [2.05, 4.69) is 15.7 Å². The van der Waals surface area contributed by atoms with Crippen LogP contribution >= 0.6 is 0 Å². The van der Waals surface area contributed by atoms with Crippen molar-refractivity contribution in [3.63, 3.8) is 0 Å². The van der Waals surface area contributed by atoms with Gasteiger partial charge in [-0.05, 0) is 31.2 Å². The number of nitrogens with one attached hydrogen (secondary N) is 2. The van der Waals surface area contributed by atoms with Gasteiger partial charge in [-0.1, -0.05) is 29.8 Å². The third-order valence-corrected chi connectivity index (χ3v) is 4.98. The molecule has 0 aliphatic carbocycles. The van der Waals surface area contributed by atoms with E-state index in [4.69, 9.17) is 0 Å². The van der Waals surface area contributed by atoms with Crippen LogP contribution in [0.5, 0.6) is 0 Å². The molecule has 2 aromatic rings. The second-order valence-corrected chi connectivity index (χ2v) is 7.16. The molecule has 3 N–H and O–H groups in total. The van der Waals surface area contributed by atoms with Gasteiger partial charge in [0.05, 0.1) is 23.6 Å². The van der Waals surface area contributed by atoms with Crippen LogP contribution in [0.4, 0.5) is 0 Å². The van der Waals surface area contributed by atoms with Gasteiger partial charge >= 0.3 is 0 Å². The molecule has 7 heteroatoms. The van der Waals surface area contributed by atoms with Crippen LogP contribution in [0.2, 0.25) is 0 Å². The van der Waals surface area contributed by atoms with Gasteiger partial charge < -0.3 is 15.7 Å². The molecule has 1 aromatic heterocycles. The normalized spacial score (nSPS) is 17.1. The van der Waals surface area contributed by atoms with Gasteiger partial charge in [-0.25, -0.2) is 0 Å². The number of carbonyl (C=O) groups excluding carboxylic acids is 2. The molecule has 0 saturated heterocycles. The second kappa shape index (κ2) is 8.35. The van der Waals surface area contributed by atoms with Crippen LogP contribution in [0.25, 0.3) is 0 Å². The number of benzene rings is 1. The van der Waals surface area contributed by atoms with Crippen LogP contribution in [-0.2, 0) is 17.8 Å². The highest BCUT2D eigenvalue weighted by Gasteiger charge is 2.25. The number of aliphatic hydroxyl groups excluding tert-OH is 1. The van der Waals surface area contributed by atoms with E-state index in [0.717, 1.165) is 29.8 Å². The summed E-state index contributed by atoms with van der Waals surface area (Å²) in [6.45, 7) is 4.97. The number of carbonyl (C=O) groups is 2. The first kappa shape index (κ1) is 19.1. The molecule has 0 radical (unpaired) electrons. The lowest BCUT2D eigenvalue weighted by atomic mass is 9.94. The first-order valence-electron chi connectivity index (χ1n) is 9.26. The van der Waals surface area contributed by atoms with Gasteiger partial charge in [0, 0.05) is 26.6 Å². The number of hydrogen-bond acceptors (Lipinski definition) is 4. The Bertz CT molecular complexity index is 813. The number of aliphatic hydroxyl groups is 1. The molecule has 144 valence electrons. The van der Waals surface area contributed by atoms with Crippen LogP contribution in [0.15, 0.2) is 30.5 Å². The predicted molar refractivity (Wildman–Crippen MR) is 101 cm³/mol. The summed E-state index contributed by atoms with van der Waals surface area (Å²) in [5, 5.41) is 20.2. The average Bonchev–Trinajstić information content (AvgIpc) is 3.08. The van der Waals surface area contributed by atoms with Crippen molar-refractivity contribution < 1.29 is 14.7 Å². The van der Waals surface area contributed by atoms with Gasteiger partial charge in [0.15, 0.2) is 0 Å². The SMILES string of the molecule is CC(=O)NC[C@@H]1CCn2ncc(C(=O)NC[C@@H](O)c3ccc(C)cc3)c2C1. The van der Waals surface area contributed by atoms with Crippen molar-refractivity contribution in [2.75, 3.05) is 13.1 Å². The average molecular weight is 370 g/mol. The van der Waals surface area contributed by atoms with Crippen molar-refractivity contribution in [1.82, 2.24) is 20.4 Å². The molecule has 2 amide bonds. The van der Waals surface area contributed by atoms with Crippen LogP contribution < -0.4 is 10.6 Å². The topological polar surface area (TPSA) is 96.2 Å². The molecular formula is C20H26N4O3. The van der Waals surface area contributed by atoms with E-state index in [1.165, 1.54) is 6.92 Å². The standard InChI is InChI=1S/C20H26N4O3/c1-13-3-5-16(6-4-13)19(26)12-22-20(27)17-11-23-24-8-7-15(9-18(17)24)10-21-14(2)25/h3-6,11,15,19,26H,7-10,12H2,1-2H3,(H,21,25)(H,22,27)/t15-,19-/m1/s1. The Morgan fingerprint density at radius 3 is 2.74 bits per heavy atom. The van der Waals surface area contributed by atoms with E-state index in [-0.39, 0.29) is 18.4 Å². The van der Waals surface area contributed by atoms with E-state index in [9.17, 15) is 14.7 Å². The number of aromatic nitrogens is 2. The zero-order chi connectivity index (χ0) is 19.4. The minimum atomic E-state index is -0.756. The van der Waals surface area contributed by atoms with Crippen molar-refractivity contribution in [2.45, 2.75) is 39.3 Å². The van der Waals surface area contributed by atoms with Gasteiger partial charge in [0.25, 0.3) is 5.91 Å². The van der Waals surface area contributed by atoms with Gasteiger partial charge in [-0.15, -0.1) is 0 Å². The summed E-state index contributed by atoms with van der Waals surface area (Å²) in [4.78, 5) is 23.7. The van der Waals surface area contributed by atoms with E-state index < -0.39 is 6.10 Å². The third-order valence-electron chi connectivity index (χ3n) is 4.98. The molecule has 1 aliphatic heterocycles. The van der Waals surface area contributed by atoms with Crippen LogP contribution in [-0.4, -0.2) is 39.8 Å². The van der Waals surface area contributed by atoms with Gasteiger partial charge in [-0.2, -0.15) is 5.10 Å². The lowest BCUT2D eigenvalue weighted by Gasteiger charge is -2.24. The van der Waals surface area contributed by atoms with E-state index >= 15 is 0 Å². The van der Waals surface area contributed by atoms with Crippen molar-refractivity contribution in [3.05, 3.63) is 52.8 Å². The van der Waals surface area contributed by atoms with Crippen molar-refractivity contribution >= 4 is 11.8 Å². The summed E-state index contributed by atoms with van der Waals surface area (Å²) in [7, 11) is 0. The smallest absolute Gasteiger partial charge is 0.254 e. The molecule has 2 atom stereocenters. The van der Waals surface area contributed by atoms with Gasteiger partial charge in [-0.3, -0.25) is 14.3 Å². The van der Waals surface area contributed by atoms with Crippen LogP contribution in [0, 0.1) is 12.8 Å². The molecule has 27 heavy (non-hydrogen) atoms. The molecule has 0 bridgehead atoms. The Labute approximate surface area is 158 Å². The highest BCUT2D eigenvalue weighted by molar-refractivity contribution is 5.95. The van der Waals surface area contributed by atoms with Crippen LogP contribution in [0.3, 0.4) is 0 Å². The van der Waals surface area contributed by atoms with E-state index in [1.807, 2.05) is 35.9 Å². The molecule has 3 rings (SSSR count). The first-order valence-corrected chi connectivity index (χ1v) is 9.26. The summed E-state index contributed by atoms with van der Waals surface area (Å²) in [5.74, 6) is 0.0162. The highest BCUT2D eigenvalue weighted by Crippen LogP contribution is 2.23. The highest BCUT2D eigenvalue weighted by atomic mass is 16.3. The third kappa shape index (κ3) is 4.74. The van der Waals surface area contributed by atoms with Crippen molar-refractivity contribution in [2.24, 2.45) is 5.92 Å². The summed E-state index contributed by atoms with van der Waals surface area (Å²) >= 11 is 0. The Morgan fingerprint density at radius 2 is 2.04 bits per heavy atom. The maximum absolute atomic E-state index is 12.6. The quantitative estimate of drug-likeness (QED) is 0.715. The Balaban J connectivity index is 1.60. The summed E-state index contributed by atoms with van der Waals surface area (Å²) < 4.78 is 1.86. The van der Waals surface area contributed by atoms with Crippen molar-refractivity contribution in [3.8, 4) is 0 Å². The predicted octanol–water partition coefficient (Wildman–Crippen LogP) is 1.35.